The lowest BCUT2D eigenvalue weighted by Crippen LogP contribution is -2.28. The van der Waals surface area contributed by atoms with Crippen LogP contribution in [0.15, 0.2) is 24.3 Å². The van der Waals surface area contributed by atoms with Gasteiger partial charge in [-0.1, -0.05) is 38.5 Å². The summed E-state index contributed by atoms with van der Waals surface area (Å²) in [7, 11) is 0. The van der Waals surface area contributed by atoms with Gasteiger partial charge in [-0.05, 0) is 38.5 Å². The molecule has 0 aromatic heterocycles. The Labute approximate surface area is 110 Å². The van der Waals surface area contributed by atoms with Crippen LogP contribution in [0.3, 0.4) is 0 Å². The molecule has 0 heterocycles. The van der Waals surface area contributed by atoms with Gasteiger partial charge in [-0.25, -0.2) is 4.39 Å². The molecule has 0 aliphatic carbocycles. The Kier molecular flexibility index (Phi) is 6.91. The maximum absolute atomic E-state index is 13.6. The van der Waals surface area contributed by atoms with Gasteiger partial charge in [-0.3, -0.25) is 0 Å². The van der Waals surface area contributed by atoms with Crippen LogP contribution in [-0.2, 0) is 0 Å². The van der Waals surface area contributed by atoms with E-state index in [0.717, 1.165) is 26.1 Å². The van der Waals surface area contributed by atoms with Crippen LogP contribution in [0.4, 0.5) is 4.39 Å². The van der Waals surface area contributed by atoms with Crippen LogP contribution in [0.5, 0.6) is 0 Å². The molecule has 3 heteroatoms. The molecule has 1 rings (SSSR count). The summed E-state index contributed by atoms with van der Waals surface area (Å²) in [5.41, 5.74) is 6.69. The first kappa shape index (κ1) is 15.1. The van der Waals surface area contributed by atoms with E-state index in [1.165, 1.54) is 18.9 Å². The van der Waals surface area contributed by atoms with E-state index >= 15 is 0 Å². The molecule has 0 saturated heterocycles. The molecular formula is C15H25FN2. The molecule has 0 bridgehead atoms. The highest BCUT2D eigenvalue weighted by atomic mass is 19.1. The second kappa shape index (κ2) is 8.22. The second-order valence-electron chi connectivity index (χ2n) is 4.70. The SMILES string of the molecule is CCCCN(CC)CCC(N)c1ccccc1F. The minimum absolute atomic E-state index is 0.193. The number of hydrogen-bond donors (Lipinski definition) is 1. The van der Waals surface area contributed by atoms with Crippen LogP contribution in [-0.4, -0.2) is 24.5 Å². The molecule has 0 saturated carbocycles. The van der Waals surface area contributed by atoms with Crippen molar-refractivity contribution in [2.75, 3.05) is 19.6 Å². The second-order valence-corrected chi connectivity index (χ2v) is 4.70. The zero-order valence-corrected chi connectivity index (χ0v) is 11.5. The lowest BCUT2D eigenvalue weighted by Gasteiger charge is -2.22. The van der Waals surface area contributed by atoms with Crippen molar-refractivity contribution in [2.45, 2.75) is 39.2 Å². The number of halogens is 1. The van der Waals surface area contributed by atoms with Gasteiger partial charge in [0.1, 0.15) is 5.82 Å². The summed E-state index contributed by atoms with van der Waals surface area (Å²) in [4.78, 5) is 2.38. The van der Waals surface area contributed by atoms with E-state index in [9.17, 15) is 4.39 Å². The van der Waals surface area contributed by atoms with Crippen LogP contribution in [0.25, 0.3) is 0 Å². The number of hydrogen-bond acceptors (Lipinski definition) is 2. The van der Waals surface area contributed by atoms with E-state index in [2.05, 4.69) is 18.7 Å². The van der Waals surface area contributed by atoms with Crippen LogP contribution in [0.2, 0.25) is 0 Å². The van der Waals surface area contributed by atoms with E-state index < -0.39 is 0 Å². The van der Waals surface area contributed by atoms with Crippen molar-refractivity contribution in [1.82, 2.24) is 4.90 Å². The molecule has 1 atom stereocenters. The highest BCUT2D eigenvalue weighted by Crippen LogP contribution is 2.17. The lowest BCUT2D eigenvalue weighted by atomic mass is 10.0. The van der Waals surface area contributed by atoms with Gasteiger partial charge in [0.15, 0.2) is 0 Å². The van der Waals surface area contributed by atoms with E-state index in [-0.39, 0.29) is 11.9 Å². The van der Waals surface area contributed by atoms with E-state index in [4.69, 9.17) is 5.73 Å². The Bertz CT molecular complexity index is 341. The molecule has 0 amide bonds. The Hall–Kier alpha value is -0.930. The van der Waals surface area contributed by atoms with Gasteiger partial charge in [0.25, 0.3) is 0 Å². The molecule has 1 unspecified atom stereocenters. The summed E-state index contributed by atoms with van der Waals surface area (Å²) >= 11 is 0. The standard InChI is InChI=1S/C15H25FN2/c1-3-5-11-18(4-2)12-10-15(17)13-8-6-7-9-14(13)16/h6-9,15H,3-5,10-12,17H2,1-2H3. The fourth-order valence-corrected chi connectivity index (χ4v) is 2.06. The maximum Gasteiger partial charge on any atom is 0.127 e. The molecule has 0 radical (unpaired) electrons. The Morgan fingerprint density at radius 2 is 1.94 bits per heavy atom. The molecular weight excluding hydrogens is 227 g/mol. The van der Waals surface area contributed by atoms with Crippen LogP contribution in [0, 0.1) is 5.82 Å². The summed E-state index contributed by atoms with van der Waals surface area (Å²) < 4.78 is 13.6. The number of nitrogens with zero attached hydrogens (tertiary/aromatic N) is 1. The van der Waals surface area contributed by atoms with Gasteiger partial charge < -0.3 is 10.6 Å². The Balaban J connectivity index is 2.44. The van der Waals surface area contributed by atoms with Crippen molar-refractivity contribution >= 4 is 0 Å². The first-order valence-electron chi connectivity index (χ1n) is 6.91. The molecule has 18 heavy (non-hydrogen) atoms. The van der Waals surface area contributed by atoms with Crippen molar-refractivity contribution in [3.63, 3.8) is 0 Å². The first-order chi connectivity index (χ1) is 8.69. The average Bonchev–Trinajstić information content (AvgIpc) is 2.39. The molecule has 1 aromatic rings. The van der Waals surface area contributed by atoms with Gasteiger partial charge in [0.05, 0.1) is 0 Å². The minimum atomic E-state index is -0.207. The number of nitrogens with two attached hydrogens (primary N) is 1. The predicted molar refractivity (Wildman–Crippen MR) is 75.0 cm³/mol. The van der Waals surface area contributed by atoms with Gasteiger partial charge in [-0.2, -0.15) is 0 Å². The predicted octanol–water partition coefficient (Wildman–Crippen LogP) is 3.34. The molecule has 0 fully saturated rings. The smallest absolute Gasteiger partial charge is 0.127 e. The summed E-state index contributed by atoms with van der Waals surface area (Å²) in [5.74, 6) is -0.193. The van der Waals surface area contributed by atoms with Crippen LogP contribution < -0.4 is 5.73 Å². The summed E-state index contributed by atoms with van der Waals surface area (Å²) in [6.07, 6.45) is 3.22. The fourth-order valence-electron chi connectivity index (χ4n) is 2.06. The first-order valence-corrected chi connectivity index (χ1v) is 6.91. The zero-order valence-electron chi connectivity index (χ0n) is 11.5. The molecule has 0 aliphatic rings. The minimum Gasteiger partial charge on any atom is -0.324 e. The summed E-state index contributed by atoms with van der Waals surface area (Å²) in [6.45, 7) is 7.43. The Morgan fingerprint density at radius 1 is 1.22 bits per heavy atom. The van der Waals surface area contributed by atoms with Crippen LogP contribution >= 0.6 is 0 Å². The van der Waals surface area contributed by atoms with Gasteiger partial charge in [0, 0.05) is 11.6 Å². The topological polar surface area (TPSA) is 29.3 Å². The number of unbranched alkanes of at least 4 members (excludes halogenated alkanes) is 1. The molecule has 0 aliphatic heterocycles. The lowest BCUT2D eigenvalue weighted by molar-refractivity contribution is 0.271. The van der Waals surface area contributed by atoms with Crippen molar-refractivity contribution in [2.24, 2.45) is 5.73 Å². The molecule has 2 nitrogen and oxygen atoms in total. The highest BCUT2D eigenvalue weighted by molar-refractivity contribution is 5.20. The molecule has 2 N–H and O–H groups in total. The third kappa shape index (κ3) is 4.75. The Morgan fingerprint density at radius 3 is 2.56 bits per heavy atom. The number of rotatable bonds is 8. The van der Waals surface area contributed by atoms with Crippen LogP contribution in [0.1, 0.15) is 44.7 Å². The third-order valence-electron chi connectivity index (χ3n) is 3.34. The van der Waals surface area contributed by atoms with Crippen molar-refractivity contribution in [3.8, 4) is 0 Å². The van der Waals surface area contributed by atoms with Gasteiger partial charge >= 0.3 is 0 Å². The van der Waals surface area contributed by atoms with E-state index in [1.54, 1.807) is 12.1 Å². The quantitative estimate of drug-likeness (QED) is 0.769. The van der Waals surface area contributed by atoms with E-state index in [0.29, 0.717) is 5.56 Å². The number of benzene rings is 1. The third-order valence-corrected chi connectivity index (χ3v) is 3.34. The maximum atomic E-state index is 13.6. The zero-order chi connectivity index (χ0) is 13.4. The van der Waals surface area contributed by atoms with E-state index in [1.807, 2.05) is 6.07 Å². The van der Waals surface area contributed by atoms with Crippen molar-refractivity contribution in [1.29, 1.82) is 0 Å². The molecule has 102 valence electrons. The summed E-state index contributed by atoms with van der Waals surface area (Å²) in [6, 6.07) is 6.59. The monoisotopic (exact) mass is 252 g/mol. The summed E-state index contributed by atoms with van der Waals surface area (Å²) in [5, 5.41) is 0. The highest BCUT2D eigenvalue weighted by Gasteiger charge is 2.12. The van der Waals surface area contributed by atoms with Gasteiger partial charge in [-0.15, -0.1) is 0 Å². The van der Waals surface area contributed by atoms with Gasteiger partial charge in [0.2, 0.25) is 0 Å². The molecule has 0 spiro atoms. The fraction of sp³-hybridized carbons (Fsp3) is 0.600. The molecule has 1 aromatic carbocycles. The van der Waals surface area contributed by atoms with Crippen molar-refractivity contribution in [3.05, 3.63) is 35.6 Å². The normalized spacial score (nSPS) is 12.9. The average molecular weight is 252 g/mol. The van der Waals surface area contributed by atoms with Crippen molar-refractivity contribution < 1.29 is 4.39 Å². The largest absolute Gasteiger partial charge is 0.324 e.